The molecule has 1 atom stereocenters. The van der Waals surface area contributed by atoms with Crippen LogP contribution < -0.4 is 11.1 Å². The fourth-order valence-electron chi connectivity index (χ4n) is 2.84. The summed E-state index contributed by atoms with van der Waals surface area (Å²) in [5, 5.41) is 2.72. The van der Waals surface area contributed by atoms with Crippen molar-refractivity contribution >= 4 is 34.0 Å². The number of nitrogens with one attached hydrogen (secondary N) is 1. The number of benzene rings is 1. The van der Waals surface area contributed by atoms with Gasteiger partial charge < -0.3 is 11.1 Å². The second-order valence-electron chi connectivity index (χ2n) is 6.72. The molecule has 1 fully saturated rings. The predicted octanol–water partition coefficient (Wildman–Crippen LogP) is 2.59. The lowest BCUT2D eigenvalue weighted by molar-refractivity contribution is -0.117. The second kappa shape index (κ2) is 9.52. The van der Waals surface area contributed by atoms with E-state index in [0.717, 1.165) is 19.3 Å². The Hall–Kier alpha value is -1.15. The summed E-state index contributed by atoms with van der Waals surface area (Å²) < 4.78 is 26.9. The van der Waals surface area contributed by atoms with Crippen molar-refractivity contribution in [1.82, 2.24) is 4.31 Å². The maximum absolute atomic E-state index is 12.7. The summed E-state index contributed by atoms with van der Waals surface area (Å²) in [4.78, 5) is 12.3. The smallest absolute Gasteiger partial charge is 0.243 e. The summed E-state index contributed by atoms with van der Waals surface area (Å²) in [6.07, 6.45) is 3.42. The van der Waals surface area contributed by atoms with Crippen molar-refractivity contribution in [2.45, 2.75) is 50.5 Å². The molecule has 1 aliphatic heterocycles. The Balaban J connectivity index is 0.00000312. The molecule has 1 saturated heterocycles. The molecule has 142 valence electrons. The zero-order valence-electron chi connectivity index (χ0n) is 14.8. The van der Waals surface area contributed by atoms with E-state index in [9.17, 15) is 13.2 Å². The predicted molar refractivity (Wildman–Crippen MR) is 102 cm³/mol. The van der Waals surface area contributed by atoms with Crippen molar-refractivity contribution in [3.63, 3.8) is 0 Å². The average Bonchev–Trinajstić information content (AvgIpc) is 2.55. The van der Waals surface area contributed by atoms with Gasteiger partial charge in [0.05, 0.1) is 10.9 Å². The van der Waals surface area contributed by atoms with Gasteiger partial charge in [0.25, 0.3) is 0 Å². The number of halogens is 1. The summed E-state index contributed by atoms with van der Waals surface area (Å²) in [6, 6.07) is 5.78. The highest BCUT2D eigenvalue weighted by Gasteiger charge is 2.26. The zero-order valence-corrected chi connectivity index (χ0v) is 16.4. The Kier molecular flexibility index (Phi) is 8.34. The number of nitrogens with two attached hydrogens (primary N) is 1. The molecule has 1 aromatic rings. The Morgan fingerprint density at radius 2 is 1.88 bits per heavy atom. The highest BCUT2D eigenvalue weighted by Crippen LogP contribution is 2.23. The molecule has 6 nitrogen and oxygen atoms in total. The van der Waals surface area contributed by atoms with Gasteiger partial charge in [-0.15, -0.1) is 12.4 Å². The van der Waals surface area contributed by atoms with Crippen LogP contribution in [0.25, 0.3) is 0 Å². The Morgan fingerprint density at radius 3 is 2.48 bits per heavy atom. The third kappa shape index (κ3) is 5.95. The van der Waals surface area contributed by atoms with Gasteiger partial charge in [-0.25, -0.2) is 8.42 Å². The molecule has 0 unspecified atom stereocenters. The normalized spacial score (nSPS) is 17.0. The van der Waals surface area contributed by atoms with Crippen LogP contribution >= 0.6 is 12.4 Å². The van der Waals surface area contributed by atoms with Gasteiger partial charge in [0.15, 0.2) is 0 Å². The number of hydrogen-bond acceptors (Lipinski definition) is 4. The van der Waals surface area contributed by atoms with Crippen molar-refractivity contribution < 1.29 is 13.2 Å². The summed E-state index contributed by atoms with van der Waals surface area (Å²) in [5.74, 6) is 0.0211. The van der Waals surface area contributed by atoms with E-state index >= 15 is 0 Å². The summed E-state index contributed by atoms with van der Waals surface area (Å²) in [7, 11) is -3.51. The maximum Gasteiger partial charge on any atom is 0.243 e. The van der Waals surface area contributed by atoms with Crippen molar-refractivity contribution in [3.05, 3.63) is 24.3 Å². The second-order valence-corrected chi connectivity index (χ2v) is 8.66. The molecule has 0 saturated carbocycles. The van der Waals surface area contributed by atoms with Crippen LogP contribution in [0.2, 0.25) is 0 Å². The number of sulfonamides is 1. The van der Waals surface area contributed by atoms with Crippen molar-refractivity contribution in [2.24, 2.45) is 11.7 Å². The van der Waals surface area contributed by atoms with Crippen molar-refractivity contribution in [3.8, 4) is 0 Å². The first-order valence-corrected chi connectivity index (χ1v) is 9.91. The topological polar surface area (TPSA) is 92.5 Å². The molecule has 0 radical (unpaired) electrons. The van der Waals surface area contributed by atoms with Gasteiger partial charge >= 0.3 is 0 Å². The number of piperidine rings is 1. The van der Waals surface area contributed by atoms with Gasteiger partial charge in [-0.05, 0) is 43.4 Å². The van der Waals surface area contributed by atoms with E-state index in [0.29, 0.717) is 31.1 Å². The fraction of sp³-hybridized carbons (Fsp3) is 0.588. The number of carbonyl (C=O) groups excluding carboxylic acids is 1. The molecule has 1 heterocycles. The molecule has 0 bridgehead atoms. The molecule has 1 aromatic carbocycles. The number of anilines is 1. The molecular formula is C17H28ClN3O3S. The van der Waals surface area contributed by atoms with Crippen LogP contribution in [-0.2, 0) is 14.8 Å². The minimum absolute atomic E-state index is 0. The van der Waals surface area contributed by atoms with Crippen LogP contribution in [0.4, 0.5) is 5.69 Å². The average molecular weight is 390 g/mol. The lowest BCUT2D eigenvalue weighted by Gasteiger charge is -2.26. The molecule has 0 aromatic heterocycles. The SMILES string of the molecule is CC(C)C[C@H](N)C(=O)Nc1cccc(S(=O)(=O)N2CCCCC2)c1.Cl. The maximum atomic E-state index is 12.7. The van der Waals surface area contributed by atoms with Crippen LogP contribution in [0.15, 0.2) is 29.2 Å². The lowest BCUT2D eigenvalue weighted by atomic mass is 10.0. The molecule has 1 aliphatic rings. The Labute approximate surface area is 156 Å². The van der Waals surface area contributed by atoms with E-state index in [4.69, 9.17) is 5.73 Å². The first-order chi connectivity index (χ1) is 11.3. The van der Waals surface area contributed by atoms with Crippen LogP contribution in [0.1, 0.15) is 39.5 Å². The van der Waals surface area contributed by atoms with Crippen LogP contribution in [0, 0.1) is 5.92 Å². The van der Waals surface area contributed by atoms with Gasteiger partial charge in [-0.1, -0.05) is 26.3 Å². The monoisotopic (exact) mass is 389 g/mol. The molecule has 0 spiro atoms. The molecule has 8 heteroatoms. The molecule has 0 aliphatic carbocycles. The van der Waals surface area contributed by atoms with Gasteiger partial charge in [0.1, 0.15) is 0 Å². The lowest BCUT2D eigenvalue weighted by Crippen LogP contribution is -2.37. The van der Waals surface area contributed by atoms with Gasteiger partial charge in [0, 0.05) is 18.8 Å². The Morgan fingerprint density at radius 1 is 1.24 bits per heavy atom. The van der Waals surface area contributed by atoms with Crippen LogP contribution in [0.3, 0.4) is 0 Å². The molecule has 1 amide bonds. The molecule has 3 N–H and O–H groups in total. The summed E-state index contributed by atoms with van der Waals surface area (Å²) >= 11 is 0. The Bertz CT molecular complexity index is 673. The number of carbonyl (C=O) groups is 1. The molecule has 25 heavy (non-hydrogen) atoms. The third-order valence-electron chi connectivity index (χ3n) is 4.12. The number of hydrogen-bond donors (Lipinski definition) is 2. The van der Waals surface area contributed by atoms with Crippen molar-refractivity contribution in [2.75, 3.05) is 18.4 Å². The van der Waals surface area contributed by atoms with E-state index in [2.05, 4.69) is 5.32 Å². The van der Waals surface area contributed by atoms with E-state index in [-0.39, 0.29) is 23.2 Å². The van der Waals surface area contributed by atoms with E-state index in [1.807, 2.05) is 13.8 Å². The minimum Gasteiger partial charge on any atom is -0.325 e. The zero-order chi connectivity index (χ0) is 17.7. The summed E-state index contributed by atoms with van der Waals surface area (Å²) in [6.45, 7) is 5.11. The number of nitrogens with zero attached hydrogens (tertiary/aromatic N) is 1. The highest BCUT2D eigenvalue weighted by atomic mass is 35.5. The van der Waals surface area contributed by atoms with Gasteiger partial charge in [0.2, 0.25) is 15.9 Å². The third-order valence-corrected chi connectivity index (χ3v) is 6.01. The molecule has 2 rings (SSSR count). The quantitative estimate of drug-likeness (QED) is 0.782. The van der Waals surface area contributed by atoms with Crippen LogP contribution in [-0.4, -0.2) is 37.8 Å². The van der Waals surface area contributed by atoms with Gasteiger partial charge in [-0.3, -0.25) is 4.79 Å². The minimum atomic E-state index is -3.51. The first-order valence-electron chi connectivity index (χ1n) is 8.47. The fourth-order valence-corrected chi connectivity index (χ4v) is 4.40. The standard InChI is InChI=1S/C17H27N3O3S.ClH/c1-13(2)11-16(18)17(21)19-14-7-6-8-15(12-14)24(22,23)20-9-4-3-5-10-20;/h6-8,12-13,16H,3-5,9-11,18H2,1-2H3,(H,19,21);1H/t16-;/m0./s1. The number of rotatable bonds is 6. The highest BCUT2D eigenvalue weighted by molar-refractivity contribution is 7.89. The van der Waals surface area contributed by atoms with E-state index in [1.54, 1.807) is 18.2 Å². The van der Waals surface area contributed by atoms with Crippen LogP contribution in [0.5, 0.6) is 0 Å². The largest absolute Gasteiger partial charge is 0.325 e. The van der Waals surface area contributed by atoms with Gasteiger partial charge in [-0.2, -0.15) is 4.31 Å². The van der Waals surface area contributed by atoms with Crippen molar-refractivity contribution in [1.29, 1.82) is 0 Å². The van der Waals surface area contributed by atoms with E-state index in [1.165, 1.54) is 10.4 Å². The number of amides is 1. The molecular weight excluding hydrogens is 362 g/mol. The van der Waals surface area contributed by atoms with E-state index < -0.39 is 16.1 Å². The first kappa shape index (κ1) is 21.9. The summed E-state index contributed by atoms with van der Waals surface area (Å²) in [5.41, 5.74) is 6.32.